The highest BCUT2D eigenvalue weighted by Crippen LogP contribution is 2.27. The molecule has 0 bridgehead atoms. The van der Waals surface area contributed by atoms with Crippen molar-refractivity contribution in [1.82, 2.24) is 10.3 Å². The summed E-state index contributed by atoms with van der Waals surface area (Å²) in [4.78, 5) is 31.1. The summed E-state index contributed by atoms with van der Waals surface area (Å²) in [5.41, 5.74) is 2.34. The minimum atomic E-state index is -0.319. The minimum Gasteiger partial charge on any atom is -0.347 e. The molecule has 0 saturated heterocycles. The molecule has 2 aromatic carbocycles. The van der Waals surface area contributed by atoms with Crippen molar-refractivity contribution < 1.29 is 14.0 Å². The van der Waals surface area contributed by atoms with Crippen molar-refractivity contribution in [2.24, 2.45) is 0 Å². The third-order valence-electron chi connectivity index (χ3n) is 4.15. The number of carbonyl (C=O) groups excluding carboxylic acids is 2. The molecule has 0 saturated carbocycles. The van der Waals surface area contributed by atoms with Gasteiger partial charge in [0.1, 0.15) is 10.7 Å². The summed E-state index contributed by atoms with van der Waals surface area (Å²) in [5, 5.41) is 3.30. The van der Waals surface area contributed by atoms with Crippen LogP contribution in [0.15, 0.2) is 54.6 Å². The summed E-state index contributed by atoms with van der Waals surface area (Å²) in [7, 11) is 0. The zero-order chi connectivity index (χ0) is 20.1. The first-order valence-corrected chi connectivity index (χ1v) is 9.58. The summed E-state index contributed by atoms with van der Waals surface area (Å²) in [6, 6.07) is 15.6. The predicted molar refractivity (Wildman–Crippen MR) is 108 cm³/mol. The Labute approximate surface area is 166 Å². The fourth-order valence-corrected chi connectivity index (χ4v) is 3.68. The van der Waals surface area contributed by atoms with Gasteiger partial charge in [0.15, 0.2) is 5.13 Å². The molecule has 28 heavy (non-hydrogen) atoms. The first-order valence-electron chi connectivity index (χ1n) is 8.76. The van der Waals surface area contributed by atoms with Gasteiger partial charge in [-0.15, -0.1) is 0 Å². The third-order valence-corrected chi connectivity index (χ3v) is 5.33. The molecule has 1 heterocycles. The number of benzene rings is 2. The number of anilines is 1. The number of rotatable bonds is 6. The lowest BCUT2D eigenvalue weighted by Gasteiger charge is -2.17. The van der Waals surface area contributed by atoms with Crippen LogP contribution in [0.4, 0.5) is 9.52 Å². The molecule has 0 unspecified atom stereocenters. The summed E-state index contributed by atoms with van der Waals surface area (Å²) < 4.78 is 13.0. The highest BCUT2D eigenvalue weighted by atomic mass is 32.1. The van der Waals surface area contributed by atoms with Gasteiger partial charge in [-0.3, -0.25) is 14.5 Å². The molecular weight excluding hydrogens is 377 g/mol. The van der Waals surface area contributed by atoms with Crippen LogP contribution in [-0.2, 0) is 17.9 Å². The molecule has 7 heteroatoms. The van der Waals surface area contributed by atoms with Gasteiger partial charge in [0.05, 0.1) is 12.2 Å². The maximum absolute atomic E-state index is 13.0. The Morgan fingerprint density at radius 3 is 2.39 bits per heavy atom. The predicted octanol–water partition coefficient (Wildman–Crippen LogP) is 4.07. The SMILES string of the molecule is CC(=O)N(Cc1ccccc1)c1nc(C)c(C(=O)NCc2ccc(F)cc2)s1. The van der Waals surface area contributed by atoms with Gasteiger partial charge in [-0.25, -0.2) is 9.37 Å². The monoisotopic (exact) mass is 397 g/mol. The van der Waals surface area contributed by atoms with E-state index >= 15 is 0 Å². The van der Waals surface area contributed by atoms with Crippen LogP contribution in [-0.4, -0.2) is 16.8 Å². The average Bonchev–Trinajstić information content (AvgIpc) is 3.07. The number of aryl methyl sites for hydroxylation is 1. The molecule has 0 aliphatic rings. The van der Waals surface area contributed by atoms with E-state index < -0.39 is 0 Å². The van der Waals surface area contributed by atoms with E-state index in [0.717, 1.165) is 11.1 Å². The van der Waals surface area contributed by atoms with Crippen LogP contribution in [0.3, 0.4) is 0 Å². The van der Waals surface area contributed by atoms with Crippen LogP contribution in [0, 0.1) is 12.7 Å². The maximum Gasteiger partial charge on any atom is 0.263 e. The average molecular weight is 397 g/mol. The highest BCUT2D eigenvalue weighted by molar-refractivity contribution is 7.17. The number of nitrogens with zero attached hydrogens (tertiary/aromatic N) is 2. The van der Waals surface area contributed by atoms with E-state index in [4.69, 9.17) is 0 Å². The normalized spacial score (nSPS) is 10.5. The quantitative estimate of drug-likeness (QED) is 0.682. The molecule has 5 nitrogen and oxygen atoms in total. The van der Waals surface area contributed by atoms with Gasteiger partial charge >= 0.3 is 0 Å². The zero-order valence-electron chi connectivity index (χ0n) is 15.6. The largest absolute Gasteiger partial charge is 0.347 e. The number of aromatic nitrogens is 1. The molecular formula is C21H20FN3O2S. The van der Waals surface area contributed by atoms with Crippen LogP contribution in [0.5, 0.6) is 0 Å². The smallest absolute Gasteiger partial charge is 0.263 e. The van der Waals surface area contributed by atoms with Gasteiger partial charge in [0, 0.05) is 13.5 Å². The number of amides is 2. The van der Waals surface area contributed by atoms with E-state index in [1.807, 2.05) is 30.3 Å². The molecule has 1 aromatic heterocycles. The molecule has 0 aliphatic carbocycles. The van der Waals surface area contributed by atoms with Crippen molar-refractivity contribution in [1.29, 1.82) is 0 Å². The second kappa shape index (κ2) is 8.75. The Kier molecular flexibility index (Phi) is 6.16. The summed E-state index contributed by atoms with van der Waals surface area (Å²) in [5.74, 6) is -0.731. The fourth-order valence-electron chi connectivity index (χ4n) is 2.65. The molecule has 2 amide bonds. The van der Waals surface area contributed by atoms with Crippen LogP contribution in [0.2, 0.25) is 0 Å². The Balaban J connectivity index is 1.73. The van der Waals surface area contributed by atoms with Crippen molar-refractivity contribution in [3.8, 4) is 0 Å². The maximum atomic E-state index is 13.0. The number of hydrogen-bond donors (Lipinski definition) is 1. The molecule has 0 spiro atoms. The molecule has 0 atom stereocenters. The third kappa shape index (κ3) is 4.80. The zero-order valence-corrected chi connectivity index (χ0v) is 16.4. The van der Waals surface area contributed by atoms with Gasteiger partial charge in [0.25, 0.3) is 5.91 Å². The molecule has 144 valence electrons. The summed E-state index contributed by atoms with van der Waals surface area (Å²) >= 11 is 1.18. The topological polar surface area (TPSA) is 62.3 Å². The van der Waals surface area contributed by atoms with Gasteiger partial charge in [-0.05, 0) is 30.2 Å². The van der Waals surface area contributed by atoms with Gasteiger partial charge < -0.3 is 5.32 Å². The number of nitrogens with one attached hydrogen (secondary N) is 1. The highest BCUT2D eigenvalue weighted by Gasteiger charge is 2.21. The second-order valence-corrected chi connectivity index (χ2v) is 7.29. The van der Waals surface area contributed by atoms with Gasteiger partial charge in [-0.2, -0.15) is 0 Å². The Morgan fingerprint density at radius 1 is 1.07 bits per heavy atom. The van der Waals surface area contributed by atoms with E-state index in [2.05, 4.69) is 10.3 Å². The standard InChI is InChI=1S/C21H20FN3O2S/c1-14-19(20(27)23-12-16-8-10-18(22)11-9-16)28-21(24-14)25(15(2)26)13-17-6-4-3-5-7-17/h3-11H,12-13H2,1-2H3,(H,23,27). The van der Waals surface area contributed by atoms with Crippen LogP contribution >= 0.6 is 11.3 Å². The number of halogens is 1. The second-order valence-electron chi connectivity index (χ2n) is 6.31. The lowest BCUT2D eigenvalue weighted by atomic mass is 10.2. The van der Waals surface area contributed by atoms with Crippen molar-refractivity contribution in [3.63, 3.8) is 0 Å². The number of carbonyl (C=O) groups is 2. The molecule has 0 aliphatic heterocycles. The summed E-state index contributed by atoms with van der Waals surface area (Å²) in [6.07, 6.45) is 0. The number of hydrogen-bond acceptors (Lipinski definition) is 4. The molecule has 0 radical (unpaired) electrons. The van der Waals surface area contributed by atoms with Crippen LogP contribution in [0.1, 0.15) is 33.4 Å². The van der Waals surface area contributed by atoms with Crippen LogP contribution < -0.4 is 10.2 Å². The first kappa shape index (κ1) is 19.7. The molecule has 0 fully saturated rings. The van der Waals surface area contributed by atoms with Crippen molar-refractivity contribution >= 4 is 28.3 Å². The lowest BCUT2D eigenvalue weighted by molar-refractivity contribution is -0.116. The first-order chi connectivity index (χ1) is 13.4. The van der Waals surface area contributed by atoms with Crippen molar-refractivity contribution in [2.75, 3.05) is 4.90 Å². The van der Waals surface area contributed by atoms with E-state index in [0.29, 0.717) is 22.2 Å². The molecule has 1 N–H and O–H groups in total. The van der Waals surface area contributed by atoms with E-state index in [1.54, 1.807) is 24.0 Å². The fraction of sp³-hybridized carbons (Fsp3) is 0.190. The Bertz CT molecular complexity index is 971. The molecule has 3 rings (SSSR count). The van der Waals surface area contributed by atoms with Gasteiger partial charge in [-0.1, -0.05) is 53.8 Å². The van der Waals surface area contributed by atoms with E-state index in [-0.39, 0.29) is 24.2 Å². The van der Waals surface area contributed by atoms with Gasteiger partial charge in [0.2, 0.25) is 5.91 Å². The van der Waals surface area contributed by atoms with Crippen molar-refractivity contribution in [2.45, 2.75) is 26.9 Å². The molecule has 3 aromatic rings. The van der Waals surface area contributed by atoms with Crippen molar-refractivity contribution in [3.05, 3.63) is 82.1 Å². The number of thiazole rings is 1. The van der Waals surface area contributed by atoms with E-state index in [9.17, 15) is 14.0 Å². The Hall–Kier alpha value is -3.06. The minimum absolute atomic E-state index is 0.143. The Morgan fingerprint density at radius 2 is 1.75 bits per heavy atom. The summed E-state index contributed by atoms with van der Waals surface area (Å²) in [6.45, 7) is 3.90. The lowest BCUT2D eigenvalue weighted by Crippen LogP contribution is -2.27. The van der Waals surface area contributed by atoms with Crippen LogP contribution in [0.25, 0.3) is 0 Å². The van der Waals surface area contributed by atoms with E-state index in [1.165, 1.54) is 30.4 Å².